The van der Waals surface area contributed by atoms with E-state index in [9.17, 15) is 9.59 Å². The summed E-state index contributed by atoms with van der Waals surface area (Å²) < 4.78 is 5.31. The molecule has 1 aromatic rings. The molecule has 2 heterocycles. The third-order valence-corrected chi connectivity index (χ3v) is 4.86. The normalized spacial score (nSPS) is 18.5. The number of ether oxygens (including phenoxy) is 1. The van der Waals surface area contributed by atoms with Gasteiger partial charge >= 0.3 is 6.09 Å². The van der Waals surface area contributed by atoms with E-state index in [2.05, 4.69) is 16.3 Å². The zero-order chi connectivity index (χ0) is 18.7. The lowest BCUT2D eigenvalue weighted by Crippen LogP contribution is -2.48. The Labute approximate surface area is 155 Å². The molecule has 1 saturated heterocycles. The molecule has 6 heteroatoms. The van der Waals surface area contributed by atoms with Crippen LogP contribution >= 0.6 is 0 Å². The van der Waals surface area contributed by atoms with Crippen molar-refractivity contribution in [1.82, 2.24) is 10.2 Å². The minimum absolute atomic E-state index is 0.115. The first-order chi connectivity index (χ1) is 12.3. The van der Waals surface area contributed by atoms with Crippen molar-refractivity contribution < 1.29 is 14.3 Å². The third kappa shape index (κ3) is 4.75. The van der Waals surface area contributed by atoms with Crippen molar-refractivity contribution in [3.8, 4) is 0 Å². The maximum absolute atomic E-state index is 12.7. The van der Waals surface area contributed by atoms with Crippen molar-refractivity contribution >= 4 is 17.7 Å². The summed E-state index contributed by atoms with van der Waals surface area (Å²) in [6.07, 6.45) is 2.25. The monoisotopic (exact) mass is 359 g/mol. The second kappa shape index (κ2) is 7.66. The van der Waals surface area contributed by atoms with Crippen LogP contribution in [0.15, 0.2) is 24.3 Å². The molecular formula is C20H29N3O3. The number of amides is 2. The molecule has 0 radical (unpaired) electrons. The Morgan fingerprint density at radius 1 is 1.15 bits per heavy atom. The highest BCUT2D eigenvalue weighted by molar-refractivity contribution is 5.96. The molecule has 2 aliphatic rings. The fraction of sp³-hybridized carbons (Fsp3) is 0.600. The van der Waals surface area contributed by atoms with Crippen LogP contribution in [0.1, 0.15) is 39.2 Å². The van der Waals surface area contributed by atoms with Crippen LogP contribution in [0.25, 0.3) is 0 Å². The molecule has 0 aromatic heterocycles. The minimum Gasteiger partial charge on any atom is -0.444 e. The maximum Gasteiger partial charge on any atom is 0.407 e. The summed E-state index contributed by atoms with van der Waals surface area (Å²) >= 11 is 0. The molecular weight excluding hydrogens is 330 g/mol. The number of likely N-dealkylation sites (tertiary alicyclic amines) is 1. The van der Waals surface area contributed by atoms with Crippen molar-refractivity contribution in [3.05, 3.63) is 29.8 Å². The van der Waals surface area contributed by atoms with Crippen LogP contribution in [-0.2, 0) is 16.0 Å². The lowest BCUT2D eigenvalue weighted by atomic mass is 10.1. The van der Waals surface area contributed by atoms with Crippen molar-refractivity contribution in [2.75, 3.05) is 31.1 Å². The molecule has 1 fully saturated rings. The van der Waals surface area contributed by atoms with Crippen molar-refractivity contribution in [2.45, 2.75) is 51.7 Å². The highest BCUT2D eigenvalue weighted by Crippen LogP contribution is 2.27. The summed E-state index contributed by atoms with van der Waals surface area (Å²) in [4.78, 5) is 28.6. The van der Waals surface area contributed by atoms with Crippen LogP contribution in [0.4, 0.5) is 10.5 Å². The van der Waals surface area contributed by atoms with Gasteiger partial charge in [0, 0.05) is 31.4 Å². The van der Waals surface area contributed by atoms with Gasteiger partial charge < -0.3 is 15.0 Å². The number of para-hydroxylation sites is 1. The van der Waals surface area contributed by atoms with Gasteiger partial charge in [-0.3, -0.25) is 9.69 Å². The van der Waals surface area contributed by atoms with E-state index in [1.807, 2.05) is 43.9 Å². The maximum atomic E-state index is 12.7. The highest BCUT2D eigenvalue weighted by atomic mass is 16.6. The second-order valence-corrected chi connectivity index (χ2v) is 8.12. The van der Waals surface area contributed by atoms with E-state index in [1.54, 1.807) is 0 Å². The standard InChI is InChI=1S/C20H29N3O3/c1-20(2,3)26-19(25)21-16-9-11-22(12-10-16)14-18(24)23-13-8-15-6-4-5-7-17(15)23/h4-7,16H,8-14H2,1-3H3,(H,21,25). The quantitative estimate of drug-likeness (QED) is 0.901. The molecule has 0 bridgehead atoms. The van der Waals surface area contributed by atoms with Crippen LogP contribution in [0.3, 0.4) is 0 Å². The van der Waals surface area contributed by atoms with E-state index in [4.69, 9.17) is 4.74 Å². The van der Waals surface area contributed by atoms with E-state index >= 15 is 0 Å². The fourth-order valence-corrected chi connectivity index (χ4v) is 3.58. The third-order valence-electron chi connectivity index (χ3n) is 4.86. The highest BCUT2D eigenvalue weighted by Gasteiger charge is 2.28. The molecule has 0 saturated carbocycles. The van der Waals surface area contributed by atoms with E-state index < -0.39 is 5.60 Å². The van der Waals surface area contributed by atoms with Crippen molar-refractivity contribution in [1.29, 1.82) is 0 Å². The lowest BCUT2D eigenvalue weighted by molar-refractivity contribution is -0.119. The van der Waals surface area contributed by atoms with Gasteiger partial charge in [-0.15, -0.1) is 0 Å². The number of nitrogens with one attached hydrogen (secondary N) is 1. The van der Waals surface area contributed by atoms with Gasteiger partial charge in [-0.1, -0.05) is 18.2 Å². The fourth-order valence-electron chi connectivity index (χ4n) is 3.58. The Bertz CT molecular complexity index is 661. The van der Waals surface area contributed by atoms with Gasteiger partial charge in [0.05, 0.1) is 6.54 Å². The zero-order valence-electron chi connectivity index (χ0n) is 16.0. The number of carbonyl (C=O) groups excluding carboxylic acids is 2. The lowest BCUT2D eigenvalue weighted by Gasteiger charge is -2.33. The Morgan fingerprint density at radius 3 is 2.54 bits per heavy atom. The molecule has 0 atom stereocenters. The minimum atomic E-state index is -0.483. The molecule has 2 aliphatic heterocycles. The number of nitrogens with zero attached hydrogens (tertiary/aromatic N) is 2. The first kappa shape index (κ1) is 18.7. The molecule has 0 unspecified atom stereocenters. The summed E-state index contributed by atoms with van der Waals surface area (Å²) in [6.45, 7) is 8.40. The summed E-state index contributed by atoms with van der Waals surface area (Å²) in [7, 11) is 0. The van der Waals surface area contributed by atoms with E-state index in [0.717, 1.165) is 44.6 Å². The Kier molecular flexibility index (Phi) is 5.51. The average molecular weight is 359 g/mol. The van der Waals surface area contributed by atoms with Gasteiger partial charge in [-0.2, -0.15) is 0 Å². The predicted molar refractivity (Wildman–Crippen MR) is 101 cm³/mol. The van der Waals surface area contributed by atoms with Gasteiger partial charge in [0.15, 0.2) is 0 Å². The van der Waals surface area contributed by atoms with E-state index in [1.165, 1.54) is 5.56 Å². The Balaban J connectivity index is 1.44. The van der Waals surface area contributed by atoms with E-state index in [-0.39, 0.29) is 18.0 Å². The summed E-state index contributed by atoms with van der Waals surface area (Å²) in [5.74, 6) is 0.161. The number of benzene rings is 1. The SMILES string of the molecule is CC(C)(C)OC(=O)NC1CCN(CC(=O)N2CCc3ccccc32)CC1. The van der Waals surface area contributed by atoms with Crippen LogP contribution < -0.4 is 10.2 Å². The van der Waals surface area contributed by atoms with Gasteiger partial charge in [-0.05, 0) is 51.7 Å². The largest absolute Gasteiger partial charge is 0.444 e. The molecule has 1 aromatic carbocycles. The van der Waals surface area contributed by atoms with Crippen LogP contribution in [0.2, 0.25) is 0 Å². The molecule has 142 valence electrons. The number of carbonyl (C=O) groups is 2. The molecule has 0 spiro atoms. The number of alkyl carbamates (subject to hydrolysis) is 1. The zero-order valence-corrected chi connectivity index (χ0v) is 16.0. The van der Waals surface area contributed by atoms with Crippen LogP contribution in [-0.4, -0.2) is 54.7 Å². The van der Waals surface area contributed by atoms with Crippen molar-refractivity contribution in [2.24, 2.45) is 0 Å². The molecule has 26 heavy (non-hydrogen) atoms. The van der Waals surface area contributed by atoms with Gasteiger partial charge in [0.1, 0.15) is 5.60 Å². The summed E-state index contributed by atoms with van der Waals surface area (Å²) in [5, 5.41) is 2.93. The number of rotatable bonds is 3. The molecule has 2 amide bonds. The van der Waals surface area contributed by atoms with Crippen LogP contribution in [0, 0.1) is 0 Å². The Hall–Kier alpha value is -2.08. The van der Waals surface area contributed by atoms with Gasteiger partial charge in [-0.25, -0.2) is 4.79 Å². The van der Waals surface area contributed by atoms with Crippen molar-refractivity contribution in [3.63, 3.8) is 0 Å². The van der Waals surface area contributed by atoms with E-state index in [0.29, 0.717) is 6.54 Å². The average Bonchev–Trinajstić information content (AvgIpc) is 2.99. The molecule has 6 nitrogen and oxygen atoms in total. The second-order valence-electron chi connectivity index (χ2n) is 8.12. The van der Waals surface area contributed by atoms with Gasteiger partial charge in [0.25, 0.3) is 0 Å². The number of hydrogen-bond donors (Lipinski definition) is 1. The van der Waals surface area contributed by atoms with Crippen LogP contribution in [0.5, 0.6) is 0 Å². The predicted octanol–water partition coefficient (Wildman–Crippen LogP) is 2.56. The van der Waals surface area contributed by atoms with Gasteiger partial charge in [0.2, 0.25) is 5.91 Å². The summed E-state index contributed by atoms with van der Waals surface area (Å²) in [5.41, 5.74) is 1.82. The number of piperidine rings is 1. The summed E-state index contributed by atoms with van der Waals surface area (Å²) in [6, 6.07) is 8.24. The first-order valence-electron chi connectivity index (χ1n) is 9.42. The molecule has 0 aliphatic carbocycles. The smallest absolute Gasteiger partial charge is 0.407 e. The molecule has 1 N–H and O–H groups in total. The first-order valence-corrected chi connectivity index (χ1v) is 9.42. The number of hydrogen-bond acceptors (Lipinski definition) is 4. The molecule has 3 rings (SSSR count). The topological polar surface area (TPSA) is 61.9 Å². The Morgan fingerprint density at radius 2 is 1.85 bits per heavy atom. The number of anilines is 1. The number of fused-ring (bicyclic) bond motifs is 1.